The fraction of sp³-hybridized carbons (Fsp3) is 0.438. The lowest BCUT2D eigenvalue weighted by atomic mass is 9.96. The first-order chi connectivity index (χ1) is 9.08. The molecule has 0 aliphatic carbocycles. The smallest absolute Gasteiger partial charge is 0.177 e. The summed E-state index contributed by atoms with van der Waals surface area (Å²) in [5, 5.41) is 0. The second kappa shape index (κ2) is 4.78. The lowest BCUT2D eigenvalue weighted by Crippen LogP contribution is -2.10. The van der Waals surface area contributed by atoms with Crippen LogP contribution in [0.25, 0.3) is 11.3 Å². The molecule has 1 aromatic heterocycles. The van der Waals surface area contributed by atoms with Crippen LogP contribution in [0, 0.1) is 20.8 Å². The maximum atomic E-state index is 4.77. The molecule has 3 heteroatoms. The second-order valence-corrected chi connectivity index (χ2v) is 6.25. The fourth-order valence-electron chi connectivity index (χ4n) is 2.93. The molecule has 0 radical (unpaired) electrons. The Morgan fingerprint density at radius 1 is 1.05 bits per heavy atom. The van der Waals surface area contributed by atoms with Gasteiger partial charge in [-0.3, -0.25) is 0 Å². The Labute approximate surface area is 123 Å². The van der Waals surface area contributed by atoms with Crippen LogP contribution in [-0.4, -0.2) is 9.55 Å². The molecule has 0 bridgehead atoms. The van der Waals surface area contributed by atoms with E-state index in [9.17, 15) is 0 Å². The minimum absolute atomic E-state index is 0.981. The van der Waals surface area contributed by atoms with E-state index in [0.29, 0.717) is 0 Å². The third-order valence-electron chi connectivity index (χ3n) is 4.17. The van der Waals surface area contributed by atoms with E-state index in [1.165, 1.54) is 46.5 Å². The minimum Gasteiger partial charge on any atom is -0.322 e. The summed E-state index contributed by atoms with van der Waals surface area (Å²) in [6, 6.07) is 4.56. The van der Waals surface area contributed by atoms with Gasteiger partial charge in [0.15, 0.2) is 4.73 Å². The van der Waals surface area contributed by atoms with E-state index in [2.05, 4.69) is 53.4 Å². The fourth-order valence-corrected chi connectivity index (χ4v) is 3.50. The van der Waals surface area contributed by atoms with Gasteiger partial charge in [-0.1, -0.05) is 6.07 Å². The largest absolute Gasteiger partial charge is 0.322 e. The zero-order valence-electron chi connectivity index (χ0n) is 11.8. The molecule has 2 nitrogen and oxygen atoms in total. The van der Waals surface area contributed by atoms with Crippen LogP contribution in [0.2, 0.25) is 0 Å². The number of aromatic nitrogens is 2. The van der Waals surface area contributed by atoms with Gasteiger partial charge in [0.1, 0.15) is 0 Å². The highest BCUT2D eigenvalue weighted by atomic mass is 79.9. The molecule has 0 saturated heterocycles. The van der Waals surface area contributed by atoms with Crippen molar-refractivity contribution in [2.24, 2.45) is 0 Å². The molecule has 1 aliphatic rings. The second-order valence-electron chi connectivity index (χ2n) is 5.54. The molecule has 0 amide bonds. The molecule has 2 heterocycles. The Morgan fingerprint density at radius 3 is 2.58 bits per heavy atom. The van der Waals surface area contributed by atoms with E-state index in [1.54, 1.807) is 0 Å². The Kier molecular flexibility index (Phi) is 3.25. The van der Waals surface area contributed by atoms with Gasteiger partial charge in [0.2, 0.25) is 0 Å². The average molecular weight is 319 g/mol. The van der Waals surface area contributed by atoms with Crippen molar-refractivity contribution in [1.29, 1.82) is 0 Å². The predicted octanol–water partition coefficient (Wildman–Crippen LogP) is 4.57. The van der Waals surface area contributed by atoms with Crippen molar-refractivity contribution in [2.75, 3.05) is 0 Å². The van der Waals surface area contributed by atoms with Gasteiger partial charge in [-0.15, -0.1) is 0 Å². The average Bonchev–Trinajstić information content (AvgIpc) is 2.72. The third-order valence-corrected chi connectivity index (χ3v) is 4.77. The molecule has 0 fully saturated rings. The lowest BCUT2D eigenvalue weighted by molar-refractivity contribution is 0.525. The van der Waals surface area contributed by atoms with Gasteiger partial charge in [-0.25, -0.2) is 4.98 Å². The molecule has 0 saturated carbocycles. The molecule has 100 valence electrons. The summed E-state index contributed by atoms with van der Waals surface area (Å²) in [6.07, 6.45) is 3.67. The Hall–Kier alpha value is -1.09. The molecule has 0 N–H and O–H groups in total. The summed E-state index contributed by atoms with van der Waals surface area (Å²) >= 11 is 3.61. The molecule has 1 aromatic carbocycles. The topological polar surface area (TPSA) is 17.8 Å². The van der Waals surface area contributed by atoms with Gasteiger partial charge in [0.25, 0.3) is 0 Å². The van der Waals surface area contributed by atoms with Gasteiger partial charge in [-0.05, 0) is 78.7 Å². The lowest BCUT2D eigenvalue weighted by Gasteiger charge is -2.17. The van der Waals surface area contributed by atoms with Crippen molar-refractivity contribution in [3.05, 3.63) is 39.3 Å². The number of fused-ring (bicyclic) bond motifs is 1. The quantitative estimate of drug-likeness (QED) is 0.752. The van der Waals surface area contributed by atoms with Gasteiger partial charge in [-0.2, -0.15) is 0 Å². The van der Waals surface area contributed by atoms with Crippen LogP contribution < -0.4 is 0 Å². The number of hydrogen-bond acceptors (Lipinski definition) is 1. The van der Waals surface area contributed by atoms with E-state index >= 15 is 0 Å². The number of benzene rings is 1. The van der Waals surface area contributed by atoms with Crippen LogP contribution in [-0.2, 0) is 13.0 Å². The van der Waals surface area contributed by atoms with Gasteiger partial charge in [0, 0.05) is 17.8 Å². The number of halogens is 1. The van der Waals surface area contributed by atoms with E-state index < -0.39 is 0 Å². The van der Waals surface area contributed by atoms with Crippen molar-refractivity contribution in [3.8, 4) is 11.3 Å². The number of nitrogens with zero attached hydrogens (tertiary/aromatic N) is 2. The normalized spacial score (nSPS) is 14.5. The highest BCUT2D eigenvalue weighted by Gasteiger charge is 2.20. The first kappa shape index (κ1) is 12.9. The monoisotopic (exact) mass is 318 g/mol. The van der Waals surface area contributed by atoms with Crippen LogP contribution in [0.4, 0.5) is 0 Å². The van der Waals surface area contributed by atoms with E-state index in [4.69, 9.17) is 4.98 Å². The predicted molar refractivity (Wildman–Crippen MR) is 82.5 cm³/mol. The Bertz CT molecular complexity index is 641. The highest BCUT2D eigenvalue weighted by molar-refractivity contribution is 9.10. The van der Waals surface area contributed by atoms with Crippen LogP contribution in [0.15, 0.2) is 16.9 Å². The summed E-state index contributed by atoms with van der Waals surface area (Å²) in [5.41, 5.74) is 7.88. The number of imidazole rings is 1. The first-order valence-corrected chi connectivity index (χ1v) is 7.70. The minimum atomic E-state index is 0.981. The van der Waals surface area contributed by atoms with Crippen LogP contribution in [0.1, 0.15) is 35.2 Å². The maximum Gasteiger partial charge on any atom is 0.177 e. The van der Waals surface area contributed by atoms with Crippen molar-refractivity contribution < 1.29 is 0 Å². The van der Waals surface area contributed by atoms with Gasteiger partial charge < -0.3 is 4.57 Å². The van der Waals surface area contributed by atoms with E-state index in [0.717, 1.165) is 17.7 Å². The third kappa shape index (κ3) is 2.14. The summed E-state index contributed by atoms with van der Waals surface area (Å²) < 4.78 is 3.31. The van der Waals surface area contributed by atoms with E-state index in [1.807, 2.05) is 0 Å². The van der Waals surface area contributed by atoms with Crippen molar-refractivity contribution in [3.63, 3.8) is 0 Å². The summed E-state index contributed by atoms with van der Waals surface area (Å²) in [4.78, 5) is 4.77. The molecule has 0 atom stereocenters. The number of aryl methyl sites for hydroxylation is 3. The van der Waals surface area contributed by atoms with Crippen molar-refractivity contribution in [2.45, 2.75) is 46.6 Å². The summed E-state index contributed by atoms with van der Waals surface area (Å²) in [5.74, 6) is 0. The SMILES string of the molecule is Cc1cc(C)c(-c2nc(Br)n3c2CCCC3)cc1C. The molecule has 19 heavy (non-hydrogen) atoms. The van der Waals surface area contributed by atoms with Crippen molar-refractivity contribution >= 4 is 15.9 Å². The Balaban J connectivity index is 2.20. The molecular weight excluding hydrogens is 300 g/mol. The highest BCUT2D eigenvalue weighted by Crippen LogP contribution is 2.33. The Morgan fingerprint density at radius 2 is 1.79 bits per heavy atom. The first-order valence-electron chi connectivity index (χ1n) is 6.91. The zero-order chi connectivity index (χ0) is 13.6. The van der Waals surface area contributed by atoms with Crippen LogP contribution in [0.5, 0.6) is 0 Å². The van der Waals surface area contributed by atoms with Crippen LogP contribution >= 0.6 is 15.9 Å². The van der Waals surface area contributed by atoms with Crippen molar-refractivity contribution in [1.82, 2.24) is 9.55 Å². The number of rotatable bonds is 1. The summed E-state index contributed by atoms with van der Waals surface area (Å²) in [6.45, 7) is 7.62. The molecule has 0 spiro atoms. The standard InChI is InChI=1S/C16H19BrN2/c1-10-8-12(3)13(9-11(10)2)15-14-6-4-5-7-19(14)16(17)18-15/h8-9H,4-7H2,1-3H3. The molecule has 0 unspecified atom stereocenters. The van der Waals surface area contributed by atoms with Crippen LogP contribution in [0.3, 0.4) is 0 Å². The van der Waals surface area contributed by atoms with E-state index in [-0.39, 0.29) is 0 Å². The number of hydrogen-bond donors (Lipinski definition) is 0. The molecule has 3 rings (SSSR count). The van der Waals surface area contributed by atoms with Gasteiger partial charge >= 0.3 is 0 Å². The zero-order valence-corrected chi connectivity index (χ0v) is 13.3. The molecule has 2 aromatic rings. The maximum absolute atomic E-state index is 4.77. The molecule has 1 aliphatic heterocycles. The summed E-state index contributed by atoms with van der Waals surface area (Å²) in [7, 11) is 0. The molecular formula is C16H19BrN2. The van der Waals surface area contributed by atoms with Gasteiger partial charge in [0.05, 0.1) is 5.69 Å².